The van der Waals surface area contributed by atoms with E-state index in [0.29, 0.717) is 0 Å². The second kappa shape index (κ2) is 8.83. The lowest BCUT2D eigenvalue weighted by Gasteiger charge is -2.14. The molecule has 0 saturated heterocycles. The first-order valence-corrected chi connectivity index (χ1v) is 10.7. The lowest BCUT2D eigenvalue weighted by atomic mass is 10.3. The number of rotatable bonds is 6. The van der Waals surface area contributed by atoms with Crippen LogP contribution in [0.15, 0.2) is 53.4 Å². The van der Waals surface area contributed by atoms with Gasteiger partial charge in [-0.2, -0.15) is 0 Å². The van der Waals surface area contributed by atoms with E-state index in [1.54, 1.807) is 4.72 Å². The molecule has 0 unspecified atom stereocenters. The normalized spacial score (nSPS) is 11.3. The second-order valence-corrected chi connectivity index (χ2v) is 8.80. The molecular formula is C18H9Cl3F2N2O5S. The van der Waals surface area contributed by atoms with Crippen LogP contribution in [0.1, 0.15) is 0 Å². The molecule has 0 radical (unpaired) electrons. The van der Waals surface area contributed by atoms with Crippen molar-refractivity contribution in [2.45, 2.75) is 4.90 Å². The maximum absolute atomic E-state index is 13.8. The van der Waals surface area contributed by atoms with Gasteiger partial charge in [0.2, 0.25) is 0 Å². The Hall–Kier alpha value is -2.66. The van der Waals surface area contributed by atoms with E-state index >= 15 is 0 Å². The Bertz CT molecular complexity index is 1260. The van der Waals surface area contributed by atoms with Crippen molar-refractivity contribution in [3.8, 4) is 11.5 Å². The maximum atomic E-state index is 13.8. The first-order valence-electron chi connectivity index (χ1n) is 8.07. The summed E-state index contributed by atoms with van der Waals surface area (Å²) in [4.78, 5) is 9.64. The SMILES string of the molecule is O=[N+]([O-])c1ccc(Oc2c(Cl)cc(S(=O)(=O)Nc3c(F)cccc3F)cc2Cl)c(Cl)c1. The number of hydrogen-bond acceptors (Lipinski definition) is 5. The molecule has 0 aliphatic rings. The van der Waals surface area contributed by atoms with Gasteiger partial charge in [0.25, 0.3) is 15.7 Å². The summed E-state index contributed by atoms with van der Waals surface area (Å²) < 4.78 is 59.9. The number of nitro benzene ring substituents is 1. The van der Waals surface area contributed by atoms with Gasteiger partial charge in [0.05, 0.1) is 24.9 Å². The largest absolute Gasteiger partial charge is 0.453 e. The molecule has 0 amide bonds. The van der Waals surface area contributed by atoms with Crippen molar-refractivity contribution in [2.75, 3.05) is 4.72 Å². The van der Waals surface area contributed by atoms with Crippen molar-refractivity contribution in [3.63, 3.8) is 0 Å². The van der Waals surface area contributed by atoms with Crippen LogP contribution in [0, 0.1) is 21.7 Å². The minimum atomic E-state index is -4.47. The molecule has 0 heterocycles. The predicted molar refractivity (Wildman–Crippen MR) is 112 cm³/mol. The second-order valence-electron chi connectivity index (χ2n) is 5.89. The third-order valence-corrected chi connectivity index (χ3v) is 6.01. The van der Waals surface area contributed by atoms with Gasteiger partial charge in [-0.05, 0) is 30.3 Å². The Balaban J connectivity index is 1.94. The van der Waals surface area contributed by atoms with E-state index in [1.807, 2.05) is 0 Å². The van der Waals surface area contributed by atoms with Gasteiger partial charge in [-0.15, -0.1) is 0 Å². The molecule has 0 aliphatic carbocycles. The summed E-state index contributed by atoms with van der Waals surface area (Å²) in [6.07, 6.45) is 0. The molecule has 3 aromatic carbocycles. The zero-order valence-corrected chi connectivity index (χ0v) is 18.0. The highest BCUT2D eigenvalue weighted by Gasteiger charge is 2.23. The highest BCUT2D eigenvalue weighted by atomic mass is 35.5. The number of non-ortho nitro benzene ring substituents is 1. The number of para-hydroxylation sites is 1. The molecule has 1 N–H and O–H groups in total. The van der Waals surface area contributed by atoms with Crippen molar-refractivity contribution >= 4 is 56.2 Å². The Morgan fingerprint density at radius 1 is 0.935 bits per heavy atom. The van der Waals surface area contributed by atoms with Gasteiger partial charge in [0.1, 0.15) is 23.1 Å². The average molecular weight is 510 g/mol. The van der Waals surface area contributed by atoms with Gasteiger partial charge in [0.15, 0.2) is 5.75 Å². The minimum absolute atomic E-state index is 0.0294. The van der Waals surface area contributed by atoms with E-state index in [-0.39, 0.29) is 32.3 Å². The zero-order chi connectivity index (χ0) is 22.9. The Labute approximate surface area is 189 Å². The fourth-order valence-corrected chi connectivity index (χ4v) is 4.41. The van der Waals surface area contributed by atoms with Gasteiger partial charge in [0, 0.05) is 12.1 Å². The molecule has 0 aromatic heterocycles. The number of hydrogen-bond donors (Lipinski definition) is 1. The molecule has 0 bridgehead atoms. The van der Waals surface area contributed by atoms with Crippen molar-refractivity contribution in [2.24, 2.45) is 0 Å². The molecular weight excluding hydrogens is 501 g/mol. The third-order valence-electron chi connectivity index (χ3n) is 3.82. The molecule has 0 fully saturated rings. The summed E-state index contributed by atoms with van der Waals surface area (Å²) in [6, 6.07) is 8.12. The van der Waals surface area contributed by atoms with Crippen LogP contribution in [0.4, 0.5) is 20.2 Å². The summed E-state index contributed by atoms with van der Waals surface area (Å²) in [5, 5.41) is 10.1. The van der Waals surface area contributed by atoms with E-state index in [0.717, 1.165) is 42.5 Å². The van der Waals surface area contributed by atoms with Gasteiger partial charge in [-0.3, -0.25) is 14.8 Å². The molecule has 13 heteroatoms. The van der Waals surface area contributed by atoms with Crippen LogP contribution in [0.5, 0.6) is 11.5 Å². The number of sulfonamides is 1. The molecule has 162 valence electrons. The number of anilines is 1. The van der Waals surface area contributed by atoms with Crippen LogP contribution in [0.2, 0.25) is 15.1 Å². The lowest BCUT2D eigenvalue weighted by molar-refractivity contribution is -0.384. The maximum Gasteiger partial charge on any atom is 0.271 e. The number of benzene rings is 3. The van der Waals surface area contributed by atoms with Crippen molar-refractivity contribution in [1.82, 2.24) is 0 Å². The fourth-order valence-electron chi connectivity index (χ4n) is 2.37. The Kier molecular flexibility index (Phi) is 6.56. The number of nitrogens with one attached hydrogen (secondary N) is 1. The van der Waals surface area contributed by atoms with Crippen LogP contribution < -0.4 is 9.46 Å². The fraction of sp³-hybridized carbons (Fsp3) is 0. The van der Waals surface area contributed by atoms with Crippen LogP contribution in [0.3, 0.4) is 0 Å². The highest BCUT2D eigenvalue weighted by molar-refractivity contribution is 7.92. The van der Waals surface area contributed by atoms with Gasteiger partial charge >= 0.3 is 0 Å². The van der Waals surface area contributed by atoms with Crippen LogP contribution in [-0.4, -0.2) is 13.3 Å². The van der Waals surface area contributed by atoms with E-state index in [4.69, 9.17) is 39.5 Å². The summed E-state index contributed by atoms with van der Waals surface area (Å²) in [6.45, 7) is 0. The number of nitro groups is 1. The minimum Gasteiger partial charge on any atom is -0.453 e. The van der Waals surface area contributed by atoms with Crippen LogP contribution in [0.25, 0.3) is 0 Å². The molecule has 7 nitrogen and oxygen atoms in total. The molecule has 3 rings (SSSR count). The Morgan fingerprint density at radius 2 is 1.52 bits per heavy atom. The van der Waals surface area contributed by atoms with Gasteiger partial charge < -0.3 is 4.74 Å². The summed E-state index contributed by atoms with van der Waals surface area (Å²) >= 11 is 18.1. The molecule has 31 heavy (non-hydrogen) atoms. The summed E-state index contributed by atoms with van der Waals surface area (Å²) in [7, 11) is -4.47. The topological polar surface area (TPSA) is 98.5 Å². The van der Waals surface area contributed by atoms with Crippen LogP contribution in [-0.2, 0) is 10.0 Å². The van der Waals surface area contributed by atoms with Crippen molar-refractivity contribution in [3.05, 3.63) is 85.3 Å². The molecule has 3 aromatic rings. The number of nitrogens with zero attached hydrogens (tertiary/aromatic N) is 1. The average Bonchev–Trinajstić information content (AvgIpc) is 2.68. The van der Waals surface area contributed by atoms with Gasteiger partial charge in [-0.25, -0.2) is 17.2 Å². The van der Waals surface area contributed by atoms with E-state index < -0.39 is 37.2 Å². The van der Waals surface area contributed by atoms with E-state index in [1.165, 1.54) is 6.07 Å². The number of ether oxygens (including phenoxy) is 1. The zero-order valence-electron chi connectivity index (χ0n) is 14.9. The summed E-state index contributed by atoms with van der Waals surface area (Å²) in [5.41, 5.74) is -1.14. The predicted octanol–water partition coefficient (Wildman–Crippen LogP) is 6.43. The third kappa shape index (κ3) is 4.99. The first-order chi connectivity index (χ1) is 14.5. The summed E-state index contributed by atoms with van der Waals surface area (Å²) in [5.74, 6) is -2.45. The smallest absolute Gasteiger partial charge is 0.271 e. The molecule has 0 spiro atoms. The standard InChI is InChI=1S/C18H9Cl3F2N2O5S/c19-11-6-9(25(26)27)4-5-16(11)30-18-12(20)7-10(8-13(18)21)31(28,29)24-17-14(22)2-1-3-15(17)23/h1-8,24H. The number of halogens is 5. The van der Waals surface area contributed by atoms with Crippen LogP contribution >= 0.6 is 34.8 Å². The lowest BCUT2D eigenvalue weighted by Crippen LogP contribution is -2.15. The van der Waals surface area contributed by atoms with Gasteiger partial charge in [-0.1, -0.05) is 40.9 Å². The first kappa shape index (κ1) is 23.0. The van der Waals surface area contributed by atoms with E-state index in [2.05, 4.69) is 0 Å². The van der Waals surface area contributed by atoms with Crippen molar-refractivity contribution < 1.29 is 26.9 Å². The molecule has 0 atom stereocenters. The monoisotopic (exact) mass is 508 g/mol. The van der Waals surface area contributed by atoms with Crippen molar-refractivity contribution in [1.29, 1.82) is 0 Å². The van der Waals surface area contributed by atoms with E-state index in [9.17, 15) is 27.3 Å². The Morgan fingerprint density at radius 3 is 2.03 bits per heavy atom. The molecule has 0 aliphatic heterocycles. The quantitative estimate of drug-likeness (QED) is 0.305. The molecule has 0 saturated carbocycles. The highest BCUT2D eigenvalue weighted by Crippen LogP contribution is 2.41.